The molecule has 8 heteroatoms. The number of hydrogen-bond acceptors (Lipinski definition) is 4. The first-order valence-electron chi connectivity index (χ1n) is 11.3. The summed E-state index contributed by atoms with van der Waals surface area (Å²) < 4.78 is 19.4. The topological polar surface area (TPSA) is 105 Å². The van der Waals surface area contributed by atoms with E-state index in [9.17, 15) is 23.9 Å². The Hall–Kier alpha value is -4.20. The van der Waals surface area contributed by atoms with Crippen molar-refractivity contribution < 1.29 is 28.6 Å². The van der Waals surface area contributed by atoms with Gasteiger partial charge in [0.1, 0.15) is 18.0 Å². The van der Waals surface area contributed by atoms with E-state index in [2.05, 4.69) is 10.6 Å². The average molecular weight is 477 g/mol. The number of amides is 2. The van der Waals surface area contributed by atoms with Crippen LogP contribution in [0.4, 0.5) is 14.9 Å². The Balaban J connectivity index is 1.35. The van der Waals surface area contributed by atoms with Crippen molar-refractivity contribution in [2.75, 3.05) is 18.5 Å². The number of anilines is 1. The van der Waals surface area contributed by atoms with Crippen LogP contribution < -0.4 is 10.6 Å². The molecule has 7 nitrogen and oxygen atoms in total. The molecule has 1 aliphatic carbocycles. The largest absolute Gasteiger partial charge is 0.478 e. The molecule has 0 saturated heterocycles. The number of rotatable bonds is 8. The zero-order valence-electron chi connectivity index (χ0n) is 19.1. The van der Waals surface area contributed by atoms with Gasteiger partial charge in [0.05, 0.1) is 11.6 Å². The lowest BCUT2D eigenvalue weighted by Gasteiger charge is -2.18. The average Bonchev–Trinajstić information content (AvgIpc) is 3.16. The van der Waals surface area contributed by atoms with Crippen LogP contribution in [0.1, 0.15) is 40.7 Å². The third-order valence-corrected chi connectivity index (χ3v) is 6.19. The molecule has 0 heterocycles. The van der Waals surface area contributed by atoms with Crippen LogP contribution in [-0.4, -0.2) is 36.2 Å². The highest BCUT2D eigenvalue weighted by Gasteiger charge is 2.29. The highest BCUT2D eigenvalue weighted by Crippen LogP contribution is 2.44. The van der Waals surface area contributed by atoms with E-state index in [1.54, 1.807) is 6.92 Å². The first kappa shape index (κ1) is 23.9. The minimum atomic E-state index is -1.48. The number of ether oxygens (including phenoxy) is 1. The Kier molecular flexibility index (Phi) is 7.10. The Labute approximate surface area is 201 Å². The number of hydrogen-bond donors (Lipinski definition) is 3. The predicted molar refractivity (Wildman–Crippen MR) is 129 cm³/mol. The zero-order chi connectivity index (χ0) is 24.9. The van der Waals surface area contributed by atoms with Gasteiger partial charge in [-0.2, -0.15) is 0 Å². The second kappa shape index (κ2) is 10.4. The molecule has 3 aromatic carbocycles. The van der Waals surface area contributed by atoms with Crippen molar-refractivity contribution in [1.82, 2.24) is 5.32 Å². The van der Waals surface area contributed by atoms with Crippen LogP contribution in [0, 0.1) is 11.7 Å². The van der Waals surface area contributed by atoms with Gasteiger partial charge < -0.3 is 20.5 Å². The number of carbonyl (C=O) groups is 3. The van der Waals surface area contributed by atoms with E-state index in [4.69, 9.17) is 4.74 Å². The highest BCUT2D eigenvalue weighted by molar-refractivity contribution is 6.01. The molecule has 0 spiro atoms. The fraction of sp³-hybridized carbons (Fsp3) is 0.222. The second-order valence-corrected chi connectivity index (χ2v) is 8.27. The van der Waals surface area contributed by atoms with Crippen molar-refractivity contribution >= 4 is 23.7 Å². The van der Waals surface area contributed by atoms with E-state index in [0.717, 1.165) is 28.3 Å². The third-order valence-electron chi connectivity index (χ3n) is 6.19. The molecule has 0 aromatic heterocycles. The van der Waals surface area contributed by atoms with E-state index in [0.29, 0.717) is 6.42 Å². The number of alkyl carbamates (subject to hydrolysis) is 1. The first-order chi connectivity index (χ1) is 16.9. The molecule has 180 valence electrons. The van der Waals surface area contributed by atoms with Crippen molar-refractivity contribution in [3.8, 4) is 11.1 Å². The number of carbonyl (C=O) groups excluding carboxylic acids is 2. The summed E-state index contributed by atoms with van der Waals surface area (Å²) in [5.41, 5.74) is 3.69. The molecule has 2 amide bonds. The van der Waals surface area contributed by atoms with Crippen LogP contribution in [-0.2, 0) is 9.53 Å². The Morgan fingerprint density at radius 3 is 2.20 bits per heavy atom. The summed E-state index contributed by atoms with van der Waals surface area (Å²) >= 11 is 0. The van der Waals surface area contributed by atoms with E-state index >= 15 is 0 Å². The molecule has 3 aromatic rings. The molecular weight excluding hydrogens is 451 g/mol. The Morgan fingerprint density at radius 1 is 0.971 bits per heavy atom. The van der Waals surface area contributed by atoms with Crippen LogP contribution in [0.5, 0.6) is 0 Å². The molecule has 0 bridgehead atoms. The fourth-order valence-electron chi connectivity index (χ4n) is 4.36. The Morgan fingerprint density at radius 2 is 1.60 bits per heavy atom. The molecule has 1 aliphatic rings. The van der Waals surface area contributed by atoms with Crippen molar-refractivity contribution in [2.45, 2.75) is 19.3 Å². The van der Waals surface area contributed by atoms with Gasteiger partial charge >= 0.3 is 12.1 Å². The molecular formula is C27H25FN2O5. The van der Waals surface area contributed by atoms with Gasteiger partial charge in [-0.25, -0.2) is 14.0 Å². The van der Waals surface area contributed by atoms with Crippen molar-refractivity contribution in [2.24, 2.45) is 5.92 Å². The van der Waals surface area contributed by atoms with Crippen LogP contribution in [0.2, 0.25) is 0 Å². The number of nitrogens with one attached hydrogen (secondary N) is 2. The van der Waals surface area contributed by atoms with Crippen LogP contribution in [0.15, 0.2) is 66.7 Å². The monoisotopic (exact) mass is 476 g/mol. The molecule has 0 radical (unpaired) electrons. The van der Waals surface area contributed by atoms with Gasteiger partial charge in [0.2, 0.25) is 5.91 Å². The van der Waals surface area contributed by atoms with Gasteiger partial charge in [0.25, 0.3) is 0 Å². The zero-order valence-corrected chi connectivity index (χ0v) is 19.1. The molecule has 4 rings (SSSR count). The van der Waals surface area contributed by atoms with Gasteiger partial charge in [0, 0.05) is 12.5 Å². The smallest absolute Gasteiger partial charge is 0.407 e. The van der Waals surface area contributed by atoms with E-state index in [-0.39, 0.29) is 24.8 Å². The quantitative estimate of drug-likeness (QED) is 0.423. The minimum absolute atomic E-state index is 0.0171. The third kappa shape index (κ3) is 5.01. The fourth-order valence-corrected chi connectivity index (χ4v) is 4.36. The number of carboxylic acid groups (broad SMARTS) is 1. The molecule has 3 N–H and O–H groups in total. The lowest BCUT2D eigenvalue weighted by molar-refractivity contribution is -0.119. The molecule has 1 atom stereocenters. The van der Waals surface area contributed by atoms with Crippen LogP contribution in [0.25, 0.3) is 11.1 Å². The first-order valence-corrected chi connectivity index (χ1v) is 11.3. The maximum absolute atomic E-state index is 13.9. The van der Waals surface area contributed by atoms with Gasteiger partial charge in [0.15, 0.2) is 0 Å². The predicted octanol–water partition coefficient (Wildman–Crippen LogP) is 5.03. The number of carboxylic acids is 1. The summed E-state index contributed by atoms with van der Waals surface area (Å²) in [6.07, 6.45) is -0.289. The van der Waals surface area contributed by atoms with E-state index in [1.165, 1.54) is 12.1 Å². The molecule has 0 saturated carbocycles. The molecule has 0 aliphatic heterocycles. The SMILES string of the molecule is CCC(CNC(=O)OCC1c2ccccc2-c2ccccc21)C(=O)Nc1cccc(F)c1C(=O)O. The molecule has 35 heavy (non-hydrogen) atoms. The summed E-state index contributed by atoms with van der Waals surface area (Å²) in [6, 6.07) is 19.6. The summed E-state index contributed by atoms with van der Waals surface area (Å²) in [5, 5.41) is 14.3. The lowest BCUT2D eigenvalue weighted by Crippen LogP contribution is -2.36. The van der Waals surface area contributed by atoms with E-state index in [1.807, 2.05) is 48.5 Å². The number of fused-ring (bicyclic) bond motifs is 3. The summed E-state index contributed by atoms with van der Waals surface area (Å²) in [6.45, 7) is 1.89. The number of halogens is 1. The van der Waals surface area contributed by atoms with Gasteiger partial charge in [-0.05, 0) is 40.8 Å². The summed E-state index contributed by atoms with van der Waals surface area (Å²) in [5.74, 6) is -3.70. The van der Waals surface area contributed by atoms with Crippen molar-refractivity contribution in [3.05, 3.63) is 89.2 Å². The van der Waals surface area contributed by atoms with Crippen LogP contribution >= 0.6 is 0 Å². The summed E-state index contributed by atoms with van der Waals surface area (Å²) in [4.78, 5) is 36.4. The molecule has 0 fully saturated rings. The van der Waals surface area contributed by atoms with Crippen molar-refractivity contribution in [1.29, 1.82) is 0 Å². The Bertz CT molecular complexity index is 1230. The lowest BCUT2D eigenvalue weighted by atomic mass is 9.98. The van der Waals surface area contributed by atoms with E-state index < -0.39 is 35.3 Å². The minimum Gasteiger partial charge on any atom is -0.478 e. The maximum atomic E-state index is 13.9. The normalized spacial score (nSPS) is 12.9. The number of benzene rings is 3. The van der Waals surface area contributed by atoms with Crippen LogP contribution in [0.3, 0.4) is 0 Å². The van der Waals surface area contributed by atoms with Crippen molar-refractivity contribution in [3.63, 3.8) is 0 Å². The standard InChI is InChI=1S/C27H25FN2O5/c1-2-16(25(31)30-23-13-7-12-22(28)24(23)26(32)33)14-29-27(34)35-15-21-19-10-5-3-8-17(19)18-9-4-6-11-20(18)21/h3-13,16,21H,2,14-15H2,1H3,(H,29,34)(H,30,31)(H,32,33). The number of aromatic carboxylic acids is 1. The highest BCUT2D eigenvalue weighted by atomic mass is 19.1. The molecule has 1 unspecified atom stereocenters. The van der Waals surface area contributed by atoms with Gasteiger partial charge in [-0.15, -0.1) is 0 Å². The van der Waals surface area contributed by atoms with Gasteiger partial charge in [-0.1, -0.05) is 61.5 Å². The summed E-state index contributed by atoms with van der Waals surface area (Å²) in [7, 11) is 0. The van der Waals surface area contributed by atoms with Gasteiger partial charge in [-0.3, -0.25) is 4.79 Å². The maximum Gasteiger partial charge on any atom is 0.407 e. The second-order valence-electron chi connectivity index (χ2n) is 8.27.